The molecule has 76 valence electrons. The minimum Gasteiger partial charge on any atom is -0.480 e. The van der Waals surface area contributed by atoms with Crippen LogP contribution in [0.15, 0.2) is 12.3 Å². The average Bonchev–Trinajstić information content (AvgIpc) is 2.08. The quantitative estimate of drug-likeness (QED) is 0.626. The molecule has 0 fully saturated rings. The van der Waals surface area contributed by atoms with Crippen LogP contribution in [0.3, 0.4) is 0 Å². The van der Waals surface area contributed by atoms with E-state index < -0.39 is 11.5 Å². The number of carboxylic acids is 1. The zero-order valence-electron chi connectivity index (χ0n) is 7.49. The van der Waals surface area contributed by atoms with E-state index in [9.17, 15) is 4.79 Å². The van der Waals surface area contributed by atoms with Crippen LogP contribution in [0.1, 0.15) is 12.5 Å². The van der Waals surface area contributed by atoms with Crippen LogP contribution in [0.4, 0.5) is 5.69 Å². The molecule has 0 aliphatic carbocycles. The Labute approximate surface area is 85.7 Å². The number of nitrogens with two attached hydrogens (primary N) is 2. The Morgan fingerprint density at radius 1 is 1.71 bits per heavy atom. The highest BCUT2D eigenvalue weighted by atomic mass is 35.5. The first kappa shape index (κ1) is 10.7. The summed E-state index contributed by atoms with van der Waals surface area (Å²) in [4.78, 5) is 14.6. The number of hydrogen-bond donors (Lipinski definition) is 3. The smallest absolute Gasteiger partial charge is 0.328 e. The summed E-state index contributed by atoms with van der Waals surface area (Å²) in [5.74, 6) is -1.19. The van der Waals surface area contributed by atoms with E-state index in [1.807, 2.05) is 0 Å². The molecule has 1 rings (SSSR count). The van der Waals surface area contributed by atoms with Crippen molar-refractivity contribution in [1.29, 1.82) is 0 Å². The molecule has 6 heteroatoms. The molecule has 5 nitrogen and oxygen atoms in total. The molecule has 0 aromatic carbocycles. The number of nitrogen functional groups attached to an aromatic ring is 1. The molecule has 0 radical (unpaired) electrons. The Morgan fingerprint density at radius 2 is 2.29 bits per heavy atom. The first-order valence-electron chi connectivity index (χ1n) is 3.79. The third kappa shape index (κ3) is 1.78. The maximum Gasteiger partial charge on any atom is 0.328 e. The van der Waals surface area contributed by atoms with Crippen LogP contribution in [-0.4, -0.2) is 16.1 Å². The van der Waals surface area contributed by atoms with Gasteiger partial charge in [0.05, 0.1) is 11.9 Å². The third-order valence-electron chi connectivity index (χ3n) is 1.86. The van der Waals surface area contributed by atoms with E-state index in [0.29, 0.717) is 5.69 Å². The highest BCUT2D eigenvalue weighted by Crippen LogP contribution is 2.26. The Kier molecular flexibility index (Phi) is 2.64. The van der Waals surface area contributed by atoms with Crippen molar-refractivity contribution in [3.8, 4) is 0 Å². The summed E-state index contributed by atoms with van der Waals surface area (Å²) in [6, 6.07) is 1.41. The summed E-state index contributed by atoms with van der Waals surface area (Å²) in [6.07, 6.45) is 1.34. The SMILES string of the molecule is C[C@@](N)(C(=O)O)c1cc(N)cnc1Cl. The lowest BCUT2D eigenvalue weighted by Gasteiger charge is -2.20. The minimum atomic E-state index is -1.58. The molecule has 14 heavy (non-hydrogen) atoms. The van der Waals surface area contributed by atoms with Crippen molar-refractivity contribution in [2.45, 2.75) is 12.5 Å². The predicted octanol–water partition coefficient (Wildman–Crippen LogP) is 0.576. The van der Waals surface area contributed by atoms with Gasteiger partial charge in [-0.05, 0) is 13.0 Å². The van der Waals surface area contributed by atoms with Crippen molar-refractivity contribution in [2.24, 2.45) is 5.73 Å². The van der Waals surface area contributed by atoms with E-state index in [4.69, 9.17) is 28.2 Å². The number of carboxylic acid groups (broad SMARTS) is 1. The van der Waals surface area contributed by atoms with Gasteiger partial charge in [-0.1, -0.05) is 11.6 Å². The maximum atomic E-state index is 10.8. The Bertz CT molecular complexity index is 379. The van der Waals surface area contributed by atoms with Crippen LogP contribution < -0.4 is 11.5 Å². The van der Waals surface area contributed by atoms with Crippen molar-refractivity contribution in [1.82, 2.24) is 4.98 Å². The van der Waals surface area contributed by atoms with Gasteiger partial charge in [0.15, 0.2) is 0 Å². The molecular weight excluding hydrogens is 206 g/mol. The van der Waals surface area contributed by atoms with Crippen molar-refractivity contribution in [3.05, 3.63) is 23.0 Å². The van der Waals surface area contributed by atoms with Crippen molar-refractivity contribution in [2.75, 3.05) is 5.73 Å². The summed E-state index contributed by atoms with van der Waals surface area (Å²) in [5, 5.41) is 8.91. The van der Waals surface area contributed by atoms with Crippen LogP contribution >= 0.6 is 11.6 Å². The summed E-state index contributed by atoms with van der Waals surface area (Å²) in [7, 11) is 0. The normalized spacial score (nSPS) is 14.8. The topological polar surface area (TPSA) is 102 Å². The maximum absolute atomic E-state index is 10.8. The summed E-state index contributed by atoms with van der Waals surface area (Å²) in [5.41, 5.74) is 9.96. The molecule has 0 spiro atoms. The molecule has 0 amide bonds. The van der Waals surface area contributed by atoms with E-state index in [1.165, 1.54) is 19.2 Å². The highest BCUT2D eigenvalue weighted by molar-refractivity contribution is 6.30. The monoisotopic (exact) mass is 215 g/mol. The van der Waals surface area contributed by atoms with Crippen LogP contribution in [-0.2, 0) is 10.3 Å². The zero-order valence-corrected chi connectivity index (χ0v) is 8.25. The second-order valence-electron chi connectivity index (χ2n) is 3.11. The number of pyridine rings is 1. The molecule has 1 heterocycles. The van der Waals surface area contributed by atoms with E-state index in [0.717, 1.165) is 0 Å². The fourth-order valence-corrected chi connectivity index (χ4v) is 1.24. The van der Waals surface area contributed by atoms with Crippen LogP contribution in [0.2, 0.25) is 5.15 Å². The van der Waals surface area contributed by atoms with Gasteiger partial charge < -0.3 is 16.6 Å². The molecule has 0 saturated carbocycles. The second-order valence-corrected chi connectivity index (χ2v) is 3.47. The van der Waals surface area contributed by atoms with Crippen LogP contribution in [0, 0.1) is 0 Å². The largest absolute Gasteiger partial charge is 0.480 e. The second kappa shape index (κ2) is 3.43. The van der Waals surface area contributed by atoms with Gasteiger partial charge in [-0.2, -0.15) is 0 Å². The molecular formula is C8H10ClN3O2. The molecule has 0 unspecified atom stereocenters. The van der Waals surface area contributed by atoms with E-state index in [-0.39, 0.29) is 10.7 Å². The molecule has 1 aromatic rings. The van der Waals surface area contributed by atoms with Crippen molar-refractivity contribution < 1.29 is 9.90 Å². The molecule has 0 saturated heterocycles. The lowest BCUT2D eigenvalue weighted by molar-refractivity contribution is -0.143. The van der Waals surface area contributed by atoms with Gasteiger partial charge in [0.25, 0.3) is 0 Å². The highest BCUT2D eigenvalue weighted by Gasteiger charge is 2.33. The van der Waals surface area contributed by atoms with Gasteiger partial charge in [0.2, 0.25) is 0 Å². The molecule has 1 atom stereocenters. The standard InChI is InChI=1S/C8H10ClN3O2/c1-8(11,7(13)14)5-2-4(10)3-12-6(5)9/h2-3H,10-11H2,1H3,(H,13,14)/t8-/m0/s1. The number of aromatic nitrogens is 1. The van der Waals surface area contributed by atoms with Gasteiger partial charge in [-0.15, -0.1) is 0 Å². The minimum absolute atomic E-state index is 0.0478. The number of nitrogens with zero attached hydrogens (tertiary/aromatic N) is 1. The average molecular weight is 216 g/mol. The first-order valence-corrected chi connectivity index (χ1v) is 4.17. The number of rotatable bonds is 2. The van der Waals surface area contributed by atoms with Gasteiger partial charge in [0, 0.05) is 5.56 Å². The van der Waals surface area contributed by atoms with Gasteiger partial charge in [0.1, 0.15) is 10.7 Å². The zero-order chi connectivity index (χ0) is 10.9. The summed E-state index contributed by atoms with van der Waals surface area (Å²) < 4.78 is 0. The van der Waals surface area contributed by atoms with E-state index in [2.05, 4.69) is 4.98 Å². The summed E-state index contributed by atoms with van der Waals surface area (Å²) >= 11 is 5.71. The Balaban J connectivity index is 3.31. The van der Waals surface area contributed by atoms with E-state index >= 15 is 0 Å². The van der Waals surface area contributed by atoms with Crippen LogP contribution in [0.25, 0.3) is 0 Å². The predicted molar refractivity (Wildman–Crippen MR) is 52.8 cm³/mol. The van der Waals surface area contributed by atoms with Gasteiger partial charge >= 0.3 is 5.97 Å². The third-order valence-corrected chi connectivity index (χ3v) is 2.17. The van der Waals surface area contributed by atoms with Crippen molar-refractivity contribution in [3.63, 3.8) is 0 Å². The first-order chi connectivity index (χ1) is 6.35. The molecule has 5 N–H and O–H groups in total. The fraction of sp³-hybridized carbons (Fsp3) is 0.250. The molecule has 0 bridgehead atoms. The number of halogens is 1. The Hall–Kier alpha value is -1.33. The number of anilines is 1. The van der Waals surface area contributed by atoms with Gasteiger partial charge in [-0.25, -0.2) is 9.78 Å². The molecule has 1 aromatic heterocycles. The van der Waals surface area contributed by atoms with Crippen LogP contribution in [0.5, 0.6) is 0 Å². The van der Waals surface area contributed by atoms with Gasteiger partial charge in [-0.3, -0.25) is 0 Å². The summed E-state index contributed by atoms with van der Waals surface area (Å²) in [6.45, 7) is 1.33. The fourth-order valence-electron chi connectivity index (χ4n) is 0.944. The van der Waals surface area contributed by atoms with Crippen molar-refractivity contribution >= 4 is 23.3 Å². The number of carbonyl (C=O) groups is 1. The Morgan fingerprint density at radius 3 is 2.79 bits per heavy atom. The lowest BCUT2D eigenvalue weighted by atomic mass is 9.95. The van der Waals surface area contributed by atoms with E-state index in [1.54, 1.807) is 0 Å². The number of aliphatic carboxylic acids is 1. The number of hydrogen-bond acceptors (Lipinski definition) is 4. The lowest BCUT2D eigenvalue weighted by Crippen LogP contribution is -2.42. The molecule has 0 aliphatic heterocycles. The molecule has 0 aliphatic rings.